The normalized spacial score (nSPS) is 11.9. The summed E-state index contributed by atoms with van der Waals surface area (Å²) in [5.41, 5.74) is 4.99. The zero-order valence-corrected chi connectivity index (χ0v) is 14.0. The Morgan fingerprint density at radius 3 is 2.33 bits per heavy atom. The van der Waals surface area contributed by atoms with Gasteiger partial charge in [-0.1, -0.05) is 13.8 Å². The fourth-order valence-electron chi connectivity index (χ4n) is 1.88. The number of methoxy groups -OCH3 is 1. The van der Waals surface area contributed by atoms with Gasteiger partial charge in [0.15, 0.2) is 11.6 Å². The molecule has 0 bridgehead atoms. The third-order valence-electron chi connectivity index (χ3n) is 3.53. The molecule has 0 saturated carbocycles. The largest absolute Gasteiger partial charge is 0.494 e. The molecule has 3 N–H and O–H groups in total. The van der Waals surface area contributed by atoms with Crippen LogP contribution in [-0.4, -0.2) is 27.6 Å². The molecule has 5 nitrogen and oxygen atoms in total. The van der Waals surface area contributed by atoms with Gasteiger partial charge in [0.05, 0.1) is 12.0 Å². The minimum absolute atomic E-state index is 0. The highest BCUT2D eigenvalue weighted by atomic mass is 35.5. The molecule has 0 unspecified atom stereocenters. The molecule has 122 valence electrons. The van der Waals surface area contributed by atoms with Crippen molar-refractivity contribution in [1.29, 1.82) is 0 Å². The van der Waals surface area contributed by atoms with Crippen LogP contribution in [0.25, 0.3) is 0 Å². The van der Waals surface area contributed by atoms with Crippen LogP contribution in [0.3, 0.4) is 0 Å². The van der Waals surface area contributed by atoms with Crippen LogP contribution in [0.4, 0.5) is 4.39 Å². The molecule has 8 heteroatoms. The predicted molar refractivity (Wildman–Crippen MR) is 82.9 cm³/mol. The van der Waals surface area contributed by atoms with Gasteiger partial charge >= 0.3 is 0 Å². The lowest BCUT2D eigenvalue weighted by Gasteiger charge is -2.31. The van der Waals surface area contributed by atoms with E-state index in [9.17, 15) is 12.8 Å². The highest BCUT2D eigenvalue weighted by molar-refractivity contribution is 7.89. The standard InChI is InChI=1S/C13H21FN2O3S.ClH/c1-4-13(5-2,9-15)16-20(17,18)10-6-7-11(14)12(8-10)19-3;/h6-8,16H,4-5,9,15H2,1-3H3;1H. The van der Waals surface area contributed by atoms with E-state index in [-0.39, 0.29) is 29.6 Å². The molecular weight excluding hydrogens is 319 g/mol. The molecule has 1 rings (SSSR count). The fraction of sp³-hybridized carbons (Fsp3) is 0.538. The van der Waals surface area contributed by atoms with Crippen molar-refractivity contribution in [1.82, 2.24) is 4.72 Å². The SMILES string of the molecule is CCC(CC)(CN)NS(=O)(=O)c1ccc(F)c(OC)c1.Cl. The Morgan fingerprint density at radius 1 is 1.33 bits per heavy atom. The monoisotopic (exact) mass is 340 g/mol. The third-order valence-corrected chi connectivity index (χ3v) is 5.10. The van der Waals surface area contributed by atoms with E-state index in [0.717, 1.165) is 12.1 Å². The molecule has 0 spiro atoms. The quantitative estimate of drug-likeness (QED) is 0.796. The lowest BCUT2D eigenvalue weighted by atomic mass is 9.95. The maximum atomic E-state index is 13.3. The number of ether oxygens (including phenoxy) is 1. The van der Waals surface area contributed by atoms with E-state index < -0.39 is 21.4 Å². The number of benzene rings is 1. The van der Waals surface area contributed by atoms with Crippen molar-refractivity contribution in [2.45, 2.75) is 37.1 Å². The average Bonchev–Trinajstić information content (AvgIpc) is 2.45. The first-order chi connectivity index (χ1) is 9.34. The number of rotatable bonds is 7. The molecule has 0 aliphatic carbocycles. The molecule has 0 aromatic heterocycles. The molecule has 0 aliphatic rings. The molecule has 0 aliphatic heterocycles. The molecule has 0 fully saturated rings. The Labute approximate surface area is 131 Å². The van der Waals surface area contributed by atoms with E-state index in [0.29, 0.717) is 12.8 Å². The van der Waals surface area contributed by atoms with E-state index in [4.69, 9.17) is 10.5 Å². The number of hydrogen-bond acceptors (Lipinski definition) is 4. The van der Waals surface area contributed by atoms with Crippen LogP contribution < -0.4 is 15.2 Å². The molecule has 1 aromatic carbocycles. The third kappa shape index (κ3) is 4.54. The average molecular weight is 341 g/mol. The highest BCUT2D eigenvalue weighted by Crippen LogP contribution is 2.23. The van der Waals surface area contributed by atoms with Gasteiger partial charge in [-0.2, -0.15) is 0 Å². The summed E-state index contributed by atoms with van der Waals surface area (Å²) in [5, 5.41) is 0. The Kier molecular flexibility index (Phi) is 7.60. The topological polar surface area (TPSA) is 81.4 Å². The Balaban J connectivity index is 0.00000400. The Bertz CT molecular complexity index is 554. The van der Waals surface area contributed by atoms with Crippen molar-refractivity contribution < 1.29 is 17.5 Å². The summed E-state index contributed by atoms with van der Waals surface area (Å²) in [6.45, 7) is 3.92. The summed E-state index contributed by atoms with van der Waals surface area (Å²) >= 11 is 0. The zero-order chi connectivity index (χ0) is 15.4. The van der Waals surface area contributed by atoms with Gasteiger partial charge in [0.2, 0.25) is 10.0 Å². The van der Waals surface area contributed by atoms with Crippen molar-refractivity contribution in [3.8, 4) is 5.75 Å². The first-order valence-electron chi connectivity index (χ1n) is 6.41. The molecule has 0 heterocycles. The molecule has 21 heavy (non-hydrogen) atoms. The second-order valence-electron chi connectivity index (χ2n) is 4.59. The van der Waals surface area contributed by atoms with Crippen molar-refractivity contribution in [3.05, 3.63) is 24.0 Å². The van der Waals surface area contributed by atoms with Crippen LogP contribution in [0, 0.1) is 5.82 Å². The summed E-state index contributed by atoms with van der Waals surface area (Å²) in [4.78, 5) is -0.0459. The van der Waals surface area contributed by atoms with Crippen LogP contribution in [-0.2, 0) is 10.0 Å². The smallest absolute Gasteiger partial charge is 0.241 e. The van der Waals surface area contributed by atoms with Crippen LogP contribution in [0.5, 0.6) is 5.75 Å². The molecule has 0 radical (unpaired) electrons. The molecule has 0 amide bonds. The van der Waals surface area contributed by atoms with Crippen molar-refractivity contribution in [2.75, 3.05) is 13.7 Å². The van der Waals surface area contributed by atoms with Gasteiger partial charge in [-0.25, -0.2) is 17.5 Å². The number of sulfonamides is 1. The lowest BCUT2D eigenvalue weighted by Crippen LogP contribution is -2.52. The summed E-state index contributed by atoms with van der Waals surface area (Å²) in [5.74, 6) is -0.721. The maximum Gasteiger partial charge on any atom is 0.241 e. The van der Waals surface area contributed by atoms with E-state index >= 15 is 0 Å². The van der Waals surface area contributed by atoms with Gasteiger partial charge in [-0.05, 0) is 25.0 Å². The lowest BCUT2D eigenvalue weighted by molar-refractivity contribution is 0.362. The number of nitrogens with one attached hydrogen (secondary N) is 1. The van der Waals surface area contributed by atoms with Crippen LogP contribution in [0.1, 0.15) is 26.7 Å². The maximum absolute atomic E-state index is 13.3. The Hall–Kier alpha value is -0.890. The summed E-state index contributed by atoms with van der Waals surface area (Å²) < 4.78 is 45.5. The second kappa shape index (κ2) is 7.93. The van der Waals surface area contributed by atoms with Crippen molar-refractivity contribution in [3.63, 3.8) is 0 Å². The molecule has 0 atom stereocenters. The van der Waals surface area contributed by atoms with Gasteiger partial charge in [-0.15, -0.1) is 12.4 Å². The van der Waals surface area contributed by atoms with Gasteiger partial charge in [0, 0.05) is 18.2 Å². The first kappa shape index (κ1) is 20.1. The second-order valence-corrected chi connectivity index (χ2v) is 6.28. The van der Waals surface area contributed by atoms with Gasteiger partial charge in [0.1, 0.15) is 0 Å². The van der Waals surface area contributed by atoms with E-state index in [1.807, 2.05) is 13.8 Å². The number of hydrogen-bond donors (Lipinski definition) is 2. The summed E-state index contributed by atoms with van der Waals surface area (Å²) in [7, 11) is -2.50. The first-order valence-corrected chi connectivity index (χ1v) is 7.90. The number of halogens is 2. The van der Waals surface area contributed by atoms with Crippen molar-refractivity contribution >= 4 is 22.4 Å². The van der Waals surface area contributed by atoms with Gasteiger partial charge in [0.25, 0.3) is 0 Å². The van der Waals surface area contributed by atoms with Crippen LogP contribution >= 0.6 is 12.4 Å². The minimum Gasteiger partial charge on any atom is -0.494 e. The minimum atomic E-state index is -3.78. The number of nitrogens with two attached hydrogens (primary N) is 1. The molecule has 0 saturated heterocycles. The Morgan fingerprint density at radius 2 is 1.90 bits per heavy atom. The van der Waals surface area contributed by atoms with E-state index in [1.54, 1.807) is 0 Å². The van der Waals surface area contributed by atoms with Crippen LogP contribution in [0.15, 0.2) is 23.1 Å². The predicted octanol–water partition coefficient (Wildman–Crippen LogP) is 2.05. The van der Waals surface area contributed by atoms with Gasteiger partial charge < -0.3 is 10.5 Å². The fourth-order valence-corrected chi connectivity index (χ4v) is 3.45. The van der Waals surface area contributed by atoms with Crippen molar-refractivity contribution in [2.24, 2.45) is 5.73 Å². The van der Waals surface area contributed by atoms with E-state index in [2.05, 4.69) is 4.72 Å². The van der Waals surface area contributed by atoms with E-state index in [1.165, 1.54) is 13.2 Å². The summed E-state index contributed by atoms with van der Waals surface area (Å²) in [6.07, 6.45) is 1.13. The molecular formula is C13H22ClFN2O3S. The summed E-state index contributed by atoms with van der Waals surface area (Å²) in [6, 6.07) is 3.42. The van der Waals surface area contributed by atoms with Crippen LogP contribution in [0.2, 0.25) is 0 Å². The zero-order valence-electron chi connectivity index (χ0n) is 12.3. The molecule has 1 aromatic rings. The van der Waals surface area contributed by atoms with Gasteiger partial charge in [-0.3, -0.25) is 0 Å². The highest BCUT2D eigenvalue weighted by Gasteiger charge is 2.31.